The van der Waals surface area contributed by atoms with Gasteiger partial charge in [0.15, 0.2) is 0 Å². The number of carbonyl (C=O) groups excluding carboxylic acids is 1. The Labute approximate surface area is 73.3 Å². The lowest BCUT2D eigenvalue weighted by Gasteiger charge is -2.00. The Hall–Kier alpha value is -0.0800. The molecular formula is C8H16ClNO. The second-order valence-electron chi connectivity index (χ2n) is 2.53. The molecule has 2 nitrogen and oxygen atoms in total. The number of nitrogens with one attached hydrogen (secondary N) is 1. The fourth-order valence-corrected chi connectivity index (χ4v) is 0.913. The van der Waals surface area contributed by atoms with E-state index in [1.165, 1.54) is 0 Å². The maximum Gasteiger partial charge on any atom is 0.147 e. The molecule has 0 aliphatic rings. The van der Waals surface area contributed by atoms with Crippen LogP contribution in [-0.2, 0) is 4.79 Å². The molecule has 0 amide bonds. The van der Waals surface area contributed by atoms with Crippen LogP contribution in [0.2, 0.25) is 0 Å². The SMILES string of the molecule is CCCNCCCC(=O)CCl. The van der Waals surface area contributed by atoms with Crippen LogP contribution >= 0.6 is 11.6 Å². The van der Waals surface area contributed by atoms with E-state index < -0.39 is 0 Å². The molecule has 0 saturated heterocycles. The molecule has 0 saturated carbocycles. The van der Waals surface area contributed by atoms with Crippen LogP contribution in [0.3, 0.4) is 0 Å². The average Bonchev–Trinajstić information content (AvgIpc) is 2.04. The van der Waals surface area contributed by atoms with Gasteiger partial charge in [0, 0.05) is 6.42 Å². The van der Waals surface area contributed by atoms with Crippen LogP contribution < -0.4 is 5.32 Å². The van der Waals surface area contributed by atoms with E-state index in [9.17, 15) is 4.79 Å². The molecule has 0 aliphatic carbocycles. The highest BCUT2D eigenvalue weighted by Gasteiger charge is 1.97. The van der Waals surface area contributed by atoms with E-state index in [2.05, 4.69) is 12.2 Å². The fourth-order valence-electron chi connectivity index (χ4n) is 0.779. The van der Waals surface area contributed by atoms with Crippen molar-refractivity contribution in [3.63, 3.8) is 0 Å². The van der Waals surface area contributed by atoms with Crippen LogP contribution in [-0.4, -0.2) is 24.8 Å². The van der Waals surface area contributed by atoms with E-state index in [1.54, 1.807) is 0 Å². The molecule has 0 atom stereocenters. The summed E-state index contributed by atoms with van der Waals surface area (Å²) >= 11 is 5.32. The van der Waals surface area contributed by atoms with Gasteiger partial charge in [-0.2, -0.15) is 0 Å². The lowest BCUT2D eigenvalue weighted by molar-refractivity contribution is -0.116. The Bertz CT molecular complexity index is 106. The quantitative estimate of drug-likeness (QED) is 0.473. The summed E-state index contributed by atoms with van der Waals surface area (Å²) in [6.45, 7) is 4.09. The fraction of sp³-hybridized carbons (Fsp3) is 0.875. The summed E-state index contributed by atoms with van der Waals surface area (Å²) in [5.41, 5.74) is 0. The van der Waals surface area contributed by atoms with E-state index in [-0.39, 0.29) is 11.7 Å². The van der Waals surface area contributed by atoms with Crippen LogP contribution in [0.15, 0.2) is 0 Å². The number of rotatable bonds is 7. The Morgan fingerprint density at radius 3 is 2.73 bits per heavy atom. The molecule has 66 valence electrons. The third-order valence-electron chi connectivity index (χ3n) is 1.38. The first kappa shape index (κ1) is 10.9. The smallest absolute Gasteiger partial charge is 0.147 e. The standard InChI is InChI=1S/C8H16ClNO/c1-2-5-10-6-3-4-8(11)7-9/h10H,2-7H2,1H3. The minimum Gasteiger partial charge on any atom is -0.317 e. The molecule has 0 rings (SSSR count). The Morgan fingerprint density at radius 2 is 2.18 bits per heavy atom. The number of hydrogen-bond donors (Lipinski definition) is 1. The Morgan fingerprint density at radius 1 is 1.45 bits per heavy atom. The van der Waals surface area contributed by atoms with Gasteiger partial charge in [0.05, 0.1) is 5.88 Å². The van der Waals surface area contributed by atoms with Crippen LogP contribution in [0.5, 0.6) is 0 Å². The monoisotopic (exact) mass is 177 g/mol. The number of halogens is 1. The summed E-state index contributed by atoms with van der Waals surface area (Å²) < 4.78 is 0. The van der Waals surface area contributed by atoms with Crippen LogP contribution in [0.1, 0.15) is 26.2 Å². The second kappa shape index (κ2) is 8.02. The van der Waals surface area contributed by atoms with E-state index >= 15 is 0 Å². The third-order valence-corrected chi connectivity index (χ3v) is 1.68. The highest BCUT2D eigenvalue weighted by atomic mass is 35.5. The van der Waals surface area contributed by atoms with E-state index in [0.717, 1.165) is 25.9 Å². The third kappa shape index (κ3) is 7.82. The van der Waals surface area contributed by atoms with Gasteiger partial charge < -0.3 is 5.32 Å². The summed E-state index contributed by atoms with van der Waals surface area (Å²) in [7, 11) is 0. The highest BCUT2D eigenvalue weighted by Crippen LogP contribution is 1.91. The van der Waals surface area contributed by atoms with E-state index in [4.69, 9.17) is 11.6 Å². The largest absolute Gasteiger partial charge is 0.317 e. The maximum atomic E-state index is 10.7. The van der Waals surface area contributed by atoms with E-state index in [0.29, 0.717) is 6.42 Å². The van der Waals surface area contributed by atoms with Gasteiger partial charge in [-0.05, 0) is 25.9 Å². The summed E-state index contributed by atoms with van der Waals surface area (Å²) in [6, 6.07) is 0. The number of alkyl halides is 1. The second-order valence-corrected chi connectivity index (χ2v) is 2.79. The molecule has 0 spiro atoms. The summed E-state index contributed by atoms with van der Waals surface area (Å²) in [4.78, 5) is 10.7. The zero-order valence-corrected chi connectivity index (χ0v) is 7.78. The number of ketones is 1. The Kier molecular flexibility index (Phi) is 7.96. The molecule has 0 bridgehead atoms. The first-order chi connectivity index (χ1) is 5.31. The van der Waals surface area contributed by atoms with Crippen LogP contribution in [0, 0.1) is 0 Å². The summed E-state index contributed by atoms with van der Waals surface area (Å²) in [5, 5.41) is 3.22. The number of hydrogen-bond acceptors (Lipinski definition) is 2. The molecular weight excluding hydrogens is 162 g/mol. The van der Waals surface area contributed by atoms with Gasteiger partial charge in [0.1, 0.15) is 5.78 Å². The summed E-state index contributed by atoms with van der Waals surface area (Å²) in [5.74, 6) is 0.304. The van der Waals surface area contributed by atoms with Gasteiger partial charge >= 0.3 is 0 Å². The molecule has 0 aliphatic heterocycles. The van der Waals surface area contributed by atoms with Gasteiger partial charge in [-0.25, -0.2) is 0 Å². The average molecular weight is 178 g/mol. The highest BCUT2D eigenvalue weighted by molar-refractivity contribution is 6.27. The molecule has 0 unspecified atom stereocenters. The minimum absolute atomic E-state index is 0.143. The van der Waals surface area contributed by atoms with Gasteiger partial charge in [0.2, 0.25) is 0 Å². The maximum absolute atomic E-state index is 10.7. The Balaban J connectivity index is 2.95. The first-order valence-electron chi connectivity index (χ1n) is 4.09. The summed E-state index contributed by atoms with van der Waals surface area (Å²) in [6.07, 6.45) is 2.66. The van der Waals surface area contributed by atoms with Gasteiger partial charge in [-0.15, -0.1) is 11.6 Å². The van der Waals surface area contributed by atoms with Crippen LogP contribution in [0.25, 0.3) is 0 Å². The molecule has 1 N–H and O–H groups in total. The molecule has 11 heavy (non-hydrogen) atoms. The van der Waals surface area contributed by atoms with Crippen molar-refractivity contribution in [2.75, 3.05) is 19.0 Å². The van der Waals surface area contributed by atoms with Crippen molar-refractivity contribution >= 4 is 17.4 Å². The lowest BCUT2D eigenvalue weighted by atomic mass is 10.2. The van der Waals surface area contributed by atoms with Gasteiger partial charge in [-0.3, -0.25) is 4.79 Å². The molecule has 0 aromatic rings. The van der Waals surface area contributed by atoms with Crippen molar-refractivity contribution in [3.8, 4) is 0 Å². The first-order valence-corrected chi connectivity index (χ1v) is 4.63. The molecule has 0 fully saturated rings. The van der Waals surface area contributed by atoms with Gasteiger partial charge in [-0.1, -0.05) is 6.92 Å². The minimum atomic E-state index is 0.143. The predicted molar refractivity (Wildman–Crippen MR) is 48.1 cm³/mol. The van der Waals surface area contributed by atoms with Crippen molar-refractivity contribution in [1.29, 1.82) is 0 Å². The topological polar surface area (TPSA) is 29.1 Å². The predicted octanol–water partition coefficient (Wildman–Crippen LogP) is 1.57. The van der Waals surface area contributed by atoms with Crippen molar-refractivity contribution in [1.82, 2.24) is 5.32 Å². The molecule has 0 radical (unpaired) electrons. The zero-order valence-electron chi connectivity index (χ0n) is 7.03. The van der Waals surface area contributed by atoms with Gasteiger partial charge in [0.25, 0.3) is 0 Å². The number of Topliss-reactive ketones (excluding diaryl/α,β-unsaturated/α-hetero) is 1. The van der Waals surface area contributed by atoms with Crippen molar-refractivity contribution < 1.29 is 4.79 Å². The molecule has 0 aromatic carbocycles. The lowest BCUT2D eigenvalue weighted by Crippen LogP contribution is -2.17. The van der Waals surface area contributed by atoms with Crippen molar-refractivity contribution in [2.45, 2.75) is 26.2 Å². The van der Waals surface area contributed by atoms with E-state index in [1.807, 2.05) is 0 Å². The van der Waals surface area contributed by atoms with Crippen molar-refractivity contribution in [2.24, 2.45) is 0 Å². The zero-order chi connectivity index (χ0) is 8.53. The molecule has 3 heteroatoms. The normalized spacial score (nSPS) is 10.0. The van der Waals surface area contributed by atoms with Crippen molar-refractivity contribution in [3.05, 3.63) is 0 Å². The van der Waals surface area contributed by atoms with Crippen LogP contribution in [0.4, 0.5) is 0 Å². The molecule has 0 heterocycles. The molecule has 0 aromatic heterocycles. The number of carbonyl (C=O) groups is 1.